The van der Waals surface area contributed by atoms with Gasteiger partial charge in [-0.1, -0.05) is 46.3 Å². The molecule has 3 aromatic carbocycles. The minimum absolute atomic E-state index is 0.340. The van der Waals surface area contributed by atoms with Crippen molar-refractivity contribution in [2.75, 3.05) is 23.7 Å². The second-order valence-corrected chi connectivity index (χ2v) is 8.87. The monoisotopic (exact) mass is 522 g/mol. The number of carbonyl (C=O) groups is 2. The summed E-state index contributed by atoms with van der Waals surface area (Å²) in [6, 6.07) is 21.5. The molecule has 0 radical (unpaired) electrons. The molecule has 2 fully saturated rings. The van der Waals surface area contributed by atoms with Crippen molar-refractivity contribution in [3.63, 3.8) is 0 Å². The molecule has 0 saturated carbocycles. The van der Waals surface area contributed by atoms with Gasteiger partial charge in [0.2, 0.25) is 5.91 Å². The molecule has 8 heteroatoms. The summed E-state index contributed by atoms with van der Waals surface area (Å²) in [6.45, 7) is 2.27. The van der Waals surface area contributed by atoms with E-state index >= 15 is 0 Å². The van der Waals surface area contributed by atoms with Crippen LogP contribution in [0, 0.1) is 5.92 Å². The minimum atomic E-state index is -0.976. The number of hydrogen-bond donors (Lipinski definition) is 0. The van der Waals surface area contributed by atoms with E-state index in [0.29, 0.717) is 23.8 Å². The maximum absolute atomic E-state index is 13.9. The number of fused-ring (bicyclic) bond motifs is 1. The van der Waals surface area contributed by atoms with Crippen molar-refractivity contribution in [3.05, 3.63) is 82.8 Å². The molecule has 2 aliphatic rings. The van der Waals surface area contributed by atoms with Crippen molar-refractivity contribution in [2.45, 2.75) is 19.1 Å². The van der Waals surface area contributed by atoms with Crippen LogP contribution in [-0.2, 0) is 14.4 Å². The molecule has 0 bridgehead atoms. The zero-order valence-electron chi connectivity index (χ0n) is 18.7. The van der Waals surface area contributed by atoms with Crippen LogP contribution < -0.4 is 19.4 Å². The Labute approximate surface area is 205 Å². The van der Waals surface area contributed by atoms with Crippen LogP contribution in [0.25, 0.3) is 0 Å². The quantitative estimate of drug-likeness (QED) is 0.428. The maximum atomic E-state index is 13.9. The number of amides is 2. The molecular formula is C26H23BrN2O5. The molecule has 0 aromatic heterocycles. The van der Waals surface area contributed by atoms with E-state index in [1.165, 1.54) is 4.90 Å². The third kappa shape index (κ3) is 3.63. The summed E-state index contributed by atoms with van der Waals surface area (Å²) in [5.41, 5.74) is 1.91. The van der Waals surface area contributed by atoms with E-state index in [2.05, 4.69) is 15.9 Å². The molecule has 7 nitrogen and oxygen atoms in total. The lowest BCUT2D eigenvalue weighted by atomic mass is 9.90. The number of methoxy groups -OCH3 is 1. The van der Waals surface area contributed by atoms with Gasteiger partial charge in [-0.2, -0.15) is 0 Å². The van der Waals surface area contributed by atoms with E-state index in [0.717, 1.165) is 15.7 Å². The first-order chi connectivity index (χ1) is 16.5. The van der Waals surface area contributed by atoms with Crippen LogP contribution in [0.2, 0.25) is 0 Å². The predicted octanol–water partition coefficient (Wildman–Crippen LogP) is 4.91. The van der Waals surface area contributed by atoms with E-state index in [1.54, 1.807) is 30.4 Å². The molecule has 0 spiro atoms. The number of rotatable bonds is 6. The van der Waals surface area contributed by atoms with Crippen LogP contribution >= 0.6 is 15.9 Å². The van der Waals surface area contributed by atoms with Gasteiger partial charge < -0.3 is 9.47 Å². The number of anilines is 2. The van der Waals surface area contributed by atoms with Crippen LogP contribution in [0.3, 0.4) is 0 Å². The Kier molecular flexibility index (Phi) is 6.02. The van der Waals surface area contributed by atoms with Gasteiger partial charge >= 0.3 is 0 Å². The van der Waals surface area contributed by atoms with Crippen molar-refractivity contribution in [3.8, 4) is 11.5 Å². The maximum Gasteiger partial charge on any atom is 0.266 e. The number of carbonyl (C=O) groups excluding carboxylic acids is 2. The lowest BCUT2D eigenvalue weighted by molar-refractivity contribution is -0.126. The molecule has 2 amide bonds. The molecule has 3 atom stereocenters. The zero-order chi connectivity index (χ0) is 23.8. The third-order valence-corrected chi connectivity index (χ3v) is 6.54. The average molecular weight is 523 g/mol. The molecule has 174 valence electrons. The fourth-order valence-electron chi connectivity index (χ4n) is 4.62. The standard InChI is InChI=1S/C26H23BrN2O5/c1-3-33-21-12-8-7-11-19(21)28-25(30)22-23(18-15-16(27)13-14-20(18)32-2)29(34-24(22)26(28)31)17-9-5-4-6-10-17/h4-15,22-24H,3H2,1-2H3/t22-,23-,24-/m1/s1. The van der Waals surface area contributed by atoms with Gasteiger partial charge in [-0.3, -0.25) is 14.4 Å². The SMILES string of the molecule is CCOc1ccccc1N1C(=O)[C@@H]2[C@@H](c3cc(Br)ccc3OC)N(c3ccccc3)O[C@H]2C1=O. The fraction of sp³-hybridized carbons (Fsp3) is 0.231. The van der Waals surface area contributed by atoms with Crippen LogP contribution in [0.4, 0.5) is 11.4 Å². The first-order valence-corrected chi connectivity index (χ1v) is 11.8. The van der Waals surface area contributed by atoms with Crippen molar-refractivity contribution < 1.29 is 23.9 Å². The molecule has 2 heterocycles. The highest BCUT2D eigenvalue weighted by Crippen LogP contribution is 2.50. The Morgan fingerprint density at radius 2 is 1.68 bits per heavy atom. The van der Waals surface area contributed by atoms with Gasteiger partial charge in [-0.25, -0.2) is 9.96 Å². The second kappa shape index (κ2) is 9.12. The minimum Gasteiger partial charge on any atom is -0.496 e. The number of nitrogens with zero attached hydrogens (tertiary/aromatic N) is 2. The van der Waals surface area contributed by atoms with Crippen LogP contribution in [0.15, 0.2) is 77.3 Å². The first-order valence-electron chi connectivity index (χ1n) is 11.0. The Morgan fingerprint density at radius 1 is 0.941 bits per heavy atom. The summed E-state index contributed by atoms with van der Waals surface area (Å²) in [4.78, 5) is 34.9. The van der Waals surface area contributed by atoms with Crippen molar-refractivity contribution in [1.82, 2.24) is 0 Å². The predicted molar refractivity (Wildman–Crippen MR) is 131 cm³/mol. The fourth-order valence-corrected chi connectivity index (χ4v) is 5.00. The van der Waals surface area contributed by atoms with E-state index in [1.807, 2.05) is 61.5 Å². The highest BCUT2D eigenvalue weighted by Gasteiger charge is 2.61. The van der Waals surface area contributed by atoms with E-state index < -0.39 is 24.0 Å². The van der Waals surface area contributed by atoms with Gasteiger partial charge in [0.05, 0.1) is 31.1 Å². The van der Waals surface area contributed by atoms with Gasteiger partial charge in [0.25, 0.3) is 5.91 Å². The number of halogens is 1. The van der Waals surface area contributed by atoms with Crippen molar-refractivity contribution in [1.29, 1.82) is 0 Å². The number of ether oxygens (including phenoxy) is 2. The Hall–Kier alpha value is -3.36. The lowest BCUT2D eigenvalue weighted by Crippen LogP contribution is -2.37. The van der Waals surface area contributed by atoms with Gasteiger partial charge in [0.1, 0.15) is 17.4 Å². The van der Waals surface area contributed by atoms with Gasteiger partial charge in [0.15, 0.2) is 6.10 Å². The van der Waals surface area contributed by atoms with Crippen LogP contribution in [0.1, 0.15) is 18.5 Å². The second-order valence-electron chi connectivity index (χ2n) is 7.96. The van der Waals surface area contributed by atoms with Gasteiger partial charge in [-0.15, -0.1) is 0 Å². The highest BCUT2D eigenvalue weighted by molar-refractivity contribution is 9.10. The summed E-state index contributed by atoms with van der Waals surface area (Å²) in [5.74, 6) is -0.451. The lowest BCUT2D eigenvalue weighted by Gasteiger charge is -2.30. The molecular weight excluding hydrogens is 500 g/mol. The molecule has 0 N–H and O–H groups in total. The Balaban J connectivity index is 1.63. The molecule has 2 saturated heterocycles. The molecule has 5 rings (SSSR count). The largest absolute Gasteiger partial charge is 0.496 e. The number of para-hydroxylation sites is 3. The van der Waals surface area contributed by atoms with Crippen molar-refractivity contribution in [2.24, 2.45) is 5.92 Å². The van der Waals surface area contributed by atoms with Gasteiger partial charge in [0, 0.05) is 10.0 Å². The summed E-state index contributed by atoms with van der Waals surface area (Å²) in [7, 11) is 1.58. The molecule has 34 heavy (non-hydrogen) atoms. The molecule has 0 unspecified atom stereocenters. The zero-order valence-corrected chi connectivity index (χ0v) is 20.3. The van der Waals surface area contributed by atoms with Gasteiger partial charge in [-0.05, 0) is 49.4 Å². The highest BCUT2D eigenvalue weighted by atomic mass is 79.9. The van der Waals surface area contributed by atoms with E-state index in [4.69, 9.17) is 14.3 Å². The third-order valence-electron chi connectivity index (χ3n) is 6.04. The van der Waals surface area contributed by atoms with E-state index in [-0.39, 0.29) is 5.91 Å². The van der Waals surface area contributed by atoms with E-state index in [9.17, 15) is 9.59 Å². The normalized spacial score (nSPS) is 21.7. The van der Waals surface area contributed by atoms with Crippen LogP contribution in [0.5, 0.6) is 11.5 Å². The van der Waals surface area contributed by atoms with Crippen LogP contribution in [-0.4, -0.2) is 31.6 Å². The summed E-state index contributed by atoms with van der Waals surface area (Å²) in [5, 5.41) is 1.65. The number of benzene rings is 3. The molecule has 3 aromatic rings. The first kappa shape index (κ1) is 22.4. The molecule has 0 aliphatic carbocycles. The number of hydroxylamine groups is 1. The molecule has 2 aliphatic heterocycles. The average Bonchev–Trinajstić information content (AvgIpc) is 3.36. The number of hydrogen-bond acceptors (Lipinski definition) is 6. The number of imide groups is 1. The Morgan fingerprint density at radius 3 is 2.41 bits per heavy atom. The topological polar surface area (TPSA) is 68.3 Å². The smallest absolute Gasteiger partial charge is 0.266 e. The summed E-state index contributed by atoms with van der Waals surface area (Å²) >= 11 is 3.53. The summed E-state index contributed by atoms with van der Waals surface area (Å²) in [6.07, 6.45) is -0.976. The Bertz CT molecular complexity index is 1230. The summed E-state index contributed by atoms with van der Waals surface area (Å²) < 4.78 is 12.2. The van der Waals surface area contributed by atoms with Crippen molar-refractivity contribution >= 4 is 39.1 Å².